The molecular weight excluding hydrogens is 1380 g/mol. The molecule has 0 fully saturated rings. The lowest BCUT2D eigenvalue weighted by molar-refractivity contribution is -0.161. The number of phosphoric acid groups is 2. The summed E-state index contributed by atoms with van der Waals surface area (Å²) in [6, 6.07) is 0. The lowest BCUT2D eigenvalue weighted by atomic mass is 9.99. The molecule has 0 aromatic heterocycles. The monoisotopic (exact) mass is 1550 g/mol. The number of phosphoric ester groups is 2. The lowest BCUT2D eigenvalue weighted by Gasteiger charge is -2.21. The Morgan fingerprint density at radius 2 is 0.557 bits per heavy atom. The van der Waals surface area contributed by atoms with Gasteiger partial charge in [-0.3, -0.25) is 37.3 Å². The number of aliphatic hydroxyl groups excluding tert-OH is 1. The van der Waals surface area contributed by atoms with Gasteiger partial charge in [0.25, 0.3) is 0 Å². The van der Waals surface area contributed by atoms with Crippen molar-refractivity contribution in [3.8, 4) is 0 Å². The summed E-state index contributed by atoms with van der Waals surface area (Å²) in [4.78, 5) is 73.2. The highest BCUT2D eigenvalue weighted by Crippen LogP contribution is 2.45. The van der Waals surface area contributed by atoms with Gasteiger partial charge in [-0.15, -0.1) is 0 Å². The van der Waals surface area contributed by atoms with Gasteiger partial charge in [-0.25, -0.2) is 9.13 Å². The molecule has 0 saturated carbocycles. The summed E-state index contributed by atoms with van der Waals surface area (Å²) in [5, 5.41) is 10.7. The second-order valence-corrected chi connectivity index (χ2v) is 34.2. The standard InChI is InChI=1S/C87H166O17P2/c1-7-10-12-14-16-18-20-22-27-35-41-47-53-59-65-71-86(91)103-82(75-97-84(89)69-63-57-51-45-39-21-19-17-15-13-11-8-2)77-101-105(93,94)99-73-81(88)74-100-106(95,96)102-78-83(76-98-85(90)70-64-58-52-46-40-34-31-30-32-37-43-49-55-61-67-79(4)5)104-87(92)72-66-60-54-48-42-36-29-26-24-23-25-28-33-38-44-50-56-62-68-80(6)9-3/h18,20,22,27,79-83,88H,7-17,19,21,23-26,28-78H2,1-6H3,(H,93,94)(H,95,96)/b20-18-,27-22-/t80?,81-,82+,83+/m0/s1. The van der Waals surface area contributed by atoms with Crippen LogP contribution in [0.5, 0.6) is 0 Å². The molecule has 6 atom stereocenters. The van der Waals surface area contributed by atoms with Gasteiger partial charge < -0.3 is 33.8 Å². The van der Waals surface area contributed by atoms with Crippen molar-refractivity contribution < 1.29 is 80.2 Å². The Bertz CT molecular complexity index is 2130. The largest absolute Gasteiger partial charge is 0.472 e. The van der Waals surface area contributed by atoms with E-state index in [0.29, 0.717) is 25.7 Å². The number of aliphatic hydroxyl groups is 1. The summed E-state index contributed by atoms with van der Waals surface area (Å²) in [5.74, 6) is -0.463. The van der Waals surface area contributed by atoms with Gasteiger partial charge in [0, 0.05) is 25.7 Å². The van der Waals surface area contributed by atoms with Gasteiger partial charge in [0.05, 0.1) is 26.4 Å². The van der Waals surface area contributed by atoms with E-state index in [0.717, 1.165) is 115 Å². The SMILES string of the molecule is CCCCCC/C=C\C=C/CCCCCCCC(=O)O[C@H](COC(=O)CCCCCCCCCCCCCC)COP(=O)(O)OC[C@H](O)COP(=O)(O)OC[C@@H](COC(=O)CCCCCCCCCCCCCCCCC(C)C)OC(=O)CCCCCCCCCCCCCCCCCCCCC(C)CC. The maximum atomic E-state index is 13.2. The molecule has 626 valence electrons. The highest BCUT2D eigenvalue weighted by atomic mass is 31.2. The number of rotatable bonds is 84. The van der Waals surface area contributed by atoms with Crippen LogP contribution in [0.4, 0.5) is 0 Å². The first-order valence-electron chi connectivity index (χ1n) is 44.3. The van der Waals surface area contributed by atoms with Gasteiger partial charge in [-0.05, 0) is 63.2 Å². The Labute approximate surface area is 650 Å². The predicted molar refractivity (Wildman–Crippen MR) is 437 cm³/mol. The van der Waals surface area contributed by atoms with E-state index in [1.165, 1.54) is 244 Å². The van der Waals surface area contributed by atoms with Crippen molar-refractivity contribution in [2.75, 3.05) is 39.6 Å². The number of carbonyl (C=O) groups is 4. The molecule has 3 unspecified atom stereocenters. The van der Waals surface area contributed by atoms with Crippen molar-refractivity contribution in [1.29, 1.82) is 0 Å². The first-order chi connectivity index (χ1) is 51.4. The molecule has 0 aliphatic carbocycles. The Morgan fingerprint density at radius 3 is 0.849 bits per heavy atom. The zero-order chi connectivity index (χ0) is 77.8. The zero-order valence-corrected chi connectivity index (χ0v) is 71.0. The topological polar surface area (TPSA) is 237 Å². The molecule has 0 bridgehead atoms. The average molecular weight is 1550 g/mol. The van der Waals surface area contributed by atoms with Gasteiger partial charge in [0.1, 0.15) is 19.3 Å². The van der Waals surface area contributed by atoms with Crippen LogP contribution in [0.3, 0.4) is 0 Å². The van der Waals surface area contributed by atoms with E-state index in [-0.39, 0.29) is 25.7 Å². The van der Waals surface area contributed by atoms with Crippen LogP contribution in [0.15, 0.2) is 24.3 Å². The summed E-state index contributed by atoms with van der Waals surface area (Å²) < 4.78 is 68.9. The van der Waals surface area contributed by atoms with Gasteiger partial charge in [-0.2, -0.15) is 0 Å². The Morgan fingerprint density at radius 1 is 0.311 bits per heavy atom. The minimum Gasteiger partial charge on any atom is -0.462 e. The quantitative estimate of drug-likeness (QED) is 0.0169. The maximum Gasteiger partial charge on any atom is 0.472 e. The van der Waals surface area contributed by atoms with Crippen LogP contribution in [-0.2, 0) is 65.4 Å². The second-order valence-electron chi connectivity index (χ2n) is 31.3. The first-order valence-corrected chi connectivity index (χ1v) is 47.3. The number of hydrogen-bond acceptors (Lipinski definition) is 15. The molecule has 0 rings (SSSR count). The molecule has 0 spiro atoms. The summed E-state index contributed by atoms with van der Waals surface area (Å²) in [7, 11) is -9.94. The average Bonchev–Trinajstić information content (AvgIpc) is 0.905. The first kappa shape index (κ1) is 104. The molecule has 3 N–H and O–H groups in total. The van der Waals surface area contributed by atoms with Gasteiger partial charge >= 0.3 is 39.5 Å². The van der Waals surface area contributed by atoms with Crippen molar-refractivity contribution in [2.45, 2.75) is 458 Å². The van der Waals surface area contributed by atoms with E-state index < -0.39 is 97.5 Å². The molecular formula is C87H166O17P2. The number of carbonyl (C=O) groups excluding carboxylic acids is 4. The summed E-state index contributed by atoms with van der Waals surface area (Å²) in [6.07, 6.45) is 72.9. The van der Waals surface area contributed by atoms with E-state index in [1.54, 1.807) is 0 Å². The summed E-state index contributed by atoms with van der Waals surface area (Å²) in [6.45, 7) is 9.70. The van der Waals surface area contributed by atoms with Crippen molar-refractivity contribution in [2.24, 2.45) is 11.8 Å². The maximum absolute atomic E-state index is 13.2. The van der Waals surface area contributed by atoms with Crippen LogP contribution in [0, 0.1) is 11.8 Å². The molecule has 0 saturated heterocycles. The van der Waals surface area contributed by atoms with E-state index in [1.807, 2.05) is 0 Å². The van der Waals surface area contributed by atoms with Crippen LogP contribution >= 0.6 is 15.6 Å². The van der Waals surface area contributed by atoms with E-state index in [9.17, 15) is 43.2 Å². The number of unbranched alkanes of at least 4 members (excludes halogenated alkanes) is 50. The molecule has 0 aromatic carbocycles. The third-order valence-electron chi connectivity index (χ3n) is 20.2. The third kappa shape index (κ3) is 78.2. The number of allylic oxidation sites excluding steroid dienone is 4. The van der Waals surface area contributed by atoms with Crippen LogP contribution in [0.1, 0.15) is 440 Å². The highest BCUT2D eigenvalue weighted by Gasteiger charge is 2.30. The lowest BCUT2D eigenvalue weighted by Crippen LogP contribution is -2.30. The number of ether oxygens (including phenoxy) is 4. The molecule has 106 heavy (non-hydrogen) atoms. The van der Waals surface area contributed by atoms with Gasteiger partial charge in [0.2, 0.25) is 0 Å². The van der Waals surface area contributed by atoms with E-state index in [4.69, 9.17) is 37.0 Å². The van der Waals surface area contributed by atoms with Gasteiger partial charge in [0.15, 0.2) is 12.2 Å². The fourth-order valence-electron chi connectivity index (χ4n) is 13.0. The molecule has 0 aliphatic rings. The number of esters is 4. The molecule has 0 radical (unpaired) electrons. The van der Waals surface area contributed by atoms with Crippen LogP contribution in [0.2, 0.25) is 0 Å². The highest BCUT2D eigenvalue weighted by molar-refractivity contribution is 7.47. The predicted octanol–water partition coefficient (Wildman–Crippen LogP) is 26.2. The second kappa shape index (κ2) is 77.8. The van der Waals surface area contributed by atoms with Crippen molar-refractivity contribution >= 4 is 39.5 Å². The minimum atomic E-state index is -4.97. The molecule has 17 nitrogen and oxygen atoms in total. The summed E-state index contributed by atoms with van der Waals surface area (Å²) in [5.41, 5.74) is 0. The minimum absolute atomic E-state index is 0.0856. The van der Waals surface area contributed by atoms with Crippen molar-refractivity contribution in [3.63, 3.8) is 0 Å². The fraction of sp³-hybridized carbons (Fsp3) is 0.908. The normalized spacial score (nSPS) is 14.2. The number of hydrogen-bond donors (Lipinski definition) is 3. The van der Waals surface area contributed by atoms with Crippen LogP contribution < -0.4 is 0 Å². The van der Waals surface area contributed by atoms with Gasteiger partial charge in [-0.1, -0.05) is 387 Å². The molecule has 0 aliphatic heterocycles. The Balaban J connectivity index is 5.27. The van der Waals surface area contributed by atoms with E-state index in [2.05, 4.69) is 65.8 Å². The van der Waals surface area contributed by atoms with Crippen LogP contribution in [0.25, 0.3) is 0 Å². The van der Waals surface area contributed by atoms with E-state index >= 15 is 0 Å². The van der Waals surface area contributed by atoms with Crippen LogP contribution in [-0.4, -0.2) is 96.7 Å². The Kier molecular flexibility index (Phi) is 76.0. The molecule has 0 heterocycles. The Hall–Kier alpha value is -2.46. The smallest absolute Gasteiger partial charge is 0.462 e. The molecule has 19 heteroatoms. The summed E-state index contributed by atoms with van der Waals surface area (Å²) >= 11 is 0. The third-order valence-corrected chi connectivity index (χ3v) is 22.1. The molecule has 0 aromatic rings. The van der Waals surface area contributed by atoms with Crippen molar-refractivity contribution in [3.05, 3.63) is 24.3 Å². The fourth-order valence-corrected chi connectivity index (χ4v) is 14.6. The molecule has 0 amide bonds. The zero-order valence-electron chi connectivity index (χ0n) is 69.2. The van der Waals surface area contributed by atoms with Crippen molar-refractivity contribution in [1.82, 2.24) is 0 Å².